The fourth-order valence-corrected chi connectivity index (χ4v) is 1.72. The number of carbonyl (C=O) groups excluding carboxylic acids is 1. The van der Waals surface area contributed by atoms with Crippen molar-refractivity contribution in [1.82, 2.24) is 0 Å². The van der Waals surface area contributed by atoms with Crippen molar-refractivity contribution in [3.63, 3.8) is 0 Å². The minimum atomic E-state index is -5.85. The summed E-state index contributed by atoms with van der Waals surface area (Å²) in [7, 11) is 0. The van der Waals surface area contributed by atoms with Gasteiger partial charge in [0.25, 0.3) is 0 Å². The highest BCUT2D eigenvalue weighted by Gasteiger charge is 2.72. The predicted octanol–water partition coefficient (Wildman–Crippen LogP) is 4.27. The van der Waals surface area contributed by atoms with Crippen LogP contribution in [0.15, 0.2) is 11.3 Å². The Hall–Kier alpha value is -1.28. The first kappa shape index (κ1) is 18.7. The number of hydrogen-bond donors (Lipinski definition) is 1. The average molecular weight is 310 g/mol. The van der Waals surface area contributed by atoms with Crippen LogP contribution < -0.4 is 0 Å². The van der Waals surface area contributed by atoms with Crippen LogP contribution in [0.3, 0.4) is 0 Å². The second-order valence-corrected chi connectivity index (χ2v) is 4.09. The lowest BCUT2D eigenvalue weighted by atomic mass is 9.78. The van der Waals surface area contributed by atoms with Crippen LogP contribution in [-0.2, 0) is 4.79 Å². The van der Waals surface area contributed by atoms with E-state index in [9.17, 15) is 40.6 Å². The Morgan fingerprint density at radius 3 is 1.70 bits per heavy atom. The van der Waals surface area contributed by atoms with Crippen molar-refractivity contribution >= 4 is 5.78 Å². The minimum Gasteiger partial charge on any atom is -0.511 e. The smallest absolute Gasteiger partial charge is 0.410 e. The van der Waals surface area contributed by atoms with Crippen molar-refractivity contribution < 1.29 is 40.6 Å². The number of rotatable bonds is 5. The molecule has 1 N–H and O–H groups in total. The van der Waals surface area contributed by atoms with E-state index in [0.717, 1.165) is 0 Å². The van der Waals surface area contributed by atoms with Gasteiger partial charge in [0.1, 0.15) is 5.76 Å². The number of allylic oxidation sites excluding steroid dienone is 2. The summed E-state index contributed by atoms with van der Waals surface area (Å²) in [6.45, 7) is -0.0556. The predicted molar refractivity (Wildman–Crippen MR) is 55.8 cm³/mol. The van der Waals surface area contributed by atoms with Crippen LogP contribution in [0.25, 0.3) is 0 Å². The molecule has 0 atom stereocenters. The Labute approximate surface area is 110 Å². The van der Waals surface area contributed by atoms with Gasteiger partial charge in [-0.05, 0) is 13.3 Å². The molecule has 0 aliphatic rings. The zero-order valence-corrected chi connectivity index (χ0v) is 10.6. The maximum Gasteiger partial charge on any atom is 0.410 e. The molecule has 0 rings (SSSR count). The summed E-state index contributed by atoms with van der Waals surface area (Å²) < 4.78 is 88.9. The average Bonchev–Trinajstić information content (AvgIpc) is 2.25. The van der Waals surface area contributed by atoms with Crippen LogP contribution in [0.2, 0.25) is 0 Å². The van der Waals surface area contributed by atoms with Crippen molar-refractivity contribution in [3.05, 3.63) is 11.3 Å². The Bertz CT molecular complexity index is 379. The van der Waals surface area contributed by atoms with E-state index < -0.39 is 54.4 Å². The molecule has 9 heteroatoms. The van der Waals surface area contributed by atoms with E-state index in [2.05, 4.69) is 0 Å². The van der Waals surface area contributed by atoms with Crippen molar-refractivity contribution in [2.24, 2.45) is 5.41 Å². The molecule has 0 fully saturated rings. The molecule has 0 spiro atoms. The fraction of sp³-hybridized carbons (Fsp3) is 0.727. The summed E-state index contributed by atoms with van der Waals surface area (Å²) in [4.78, 5) is 11.2. The molecule has 0 aromatic rings. The quantitative estimate of drug-likeness (QED) is 0.468. The molecule has 20 heavy (non-hydrogen) atoms. The van der Waals surface area contributed by atoms with Crippen molar-refractivity contribution in [2.75, 3.05) is 6.67 Å². The summed E-state index contributed by atoms with van der Waals surface area (Å²) in [5, 5.41) is 9.39. The molecule has 0 aromatic heterocycles. The standard InChI is InChI=1S/C11H13F7O2/c1-3-9(10(13,14)15,11(16,17)18)8(20)6(2)7(19)4-5-12/h20H,3-5H2,1-2H3/b8-6-. The van der Waals surface area contributed by atoms with Gasteiger partial charge in [-0.1, -0.05) is 6.92 Å². The van der Waals surface area contributed by atoms with E-state index in [4.69, 9.17) is 0 Å². The maximum atomic E-state index is 12.8. The molecule has 0 unspecified atom stereocenters. The van der Waals surface area contributed by atoms with Gasteiger partial charge in [0.15, 0.2) is 5.78 Å². The van der Waals surface area contributed by atoms with Gasteiger partial charge in [0.2, 0.25) is 5.41 Å². The van der Waals surface area contributed by atoms with Crippen molar-refractivity contribution in [3.8, 4) is 0 Å². The molecule has 118 valence electrons. The highest BCUT2D eigenvalue weighted by Crippen LogP contribution is 2.57. The molecule has 0 aliphatic heterocycles. The van der Waals surface area contributed by atoms with E-state index >= 15 is 0 Å². The minimum absolute atomic E-state index is 0.587. The van der Waals surface area contributed by atoms with E-state index in [-0.39, 0.29) is 0 Å². The Morgan fingerprint density at radius 1 is 1.05 bits per heavy atom. The number of ketones is 1. The molecule has 2 nitrogen and oxygen atoms in total. The van der Waals surface area contributed by atoms with Gasteiger partial charge in [-0.3, -0.25) is 9.18 Å². The van der Waals surface area contributed by atoms with Gasteiger partial charge < -0.3 is 5.11 Å². The third-order valence-electron chi connectivity index (χ3n) is 3.00. The molecule has 0 amide bonds. The molecule has 0 aromatic carbocycles. The topological polar surface area (TPSA) is 37.3 Å². The van der Waals surface area contributed by atoms with Crippen LogP contribution in [0, 0.1) is 5.41 Å². The molecular weight excluding hydrogens is 297 g/mol. The summed E-state index contributed by atoms with van der Waals surface area (Å²) in [5.74, 6) is -3.44. The third-order valence-corrected chi connectivity index (χ3v) is 3.00. The molecule has 0 aliphatic carbocycles. The summed E-state index contributed by atoms with van der Waals surface area (Å²) in [5.41, 5.74) is -5.67. The number of aliphatic hydroxyl groups is 1. The lowest BCUT2D eigenvalue weighted by molar-refractivity contribution is -0.335. The lowest BCUT2D eigenvalue weighted by Crippen LogP contribution is -2.51. The van der Waals surface area contributed by atoms with Crippen LogP contribution in [0.1, 0.15) is 26.7 Å². The first-order chi connectivity index (χ1) is 8.86. The van der Waals surface area contributed by atoms with Crippen LogP contribution in [0.4, 0.5) is 30.7 Å². The van der Waals surface area contributed by atoms with E-state index in [1.165, 1.54) is 0 Å². The van der Waals surface area contributed by atoms with Gasteiger partial charge >= 0.3 is 12.4 Å². The summed E-state index contributed by atoms with van der Waals surface area (Å²) >= 11 is 0. The zero-order valence-electron chi connectivity index (χ0n) is 10.6. The maximum absolute atomic E-state index is 12.8. The van der Waals surface area contributed by atoms with Gasteiger partial charge in [0, 0.05) is 12.0 Å². The van der Waals surface area contributed by atoms with Crippen LogP contribution >= 0.6 is 0 Å². The zero-order chi connectivity index (χ0) is 16.4. The number of hydrogen-bond acceptors (Lipinski definition) is 2. The van der Waals surface area contributed by atoms with E-state index in [1.54, 1.807) is 0 Å². The third kappa shape index (κ3) is 3.06. The molecule has 0 saturated carbocycles. The normalized spacial score (nSPS) is 15.1. The molecule has 0 heterocycles. The number of Topliss-reactive ketones (excluding diaryl/α,β-unsaturated/α-hetero) is 1. The highest BCUT2D eigenvalue weighted by atomic mass is 19.4. The first-order valence-electron chi connectivity index (χ1n) is 5.49. The Kier molecular flexibility index (Phi) is 5.62. The second kappa shape index (κ2) is 6.01. The van der Waals surface area contributed by atoms with E-state index in [0.29, 0.717) is 13.8 Å². The van der Waals surface area contributed by atoms with E-state index in [1.807, 2.05) is 0 Å². The van der Waals surface area contributed by atoms with Crippen LogP contribution in [-0.4, -0.2) is 29.9 Å². The largest absolute Gasteiger partial charge is 0.511 e. The molecule has 0 bridgehead atoms. The SMILES string of the molecule is CCC(/C(O)=C(\C)C(=O)CCF)(C(F)(F)F)C(F)(F)F. The molecule has 0 radical (unpaired) electrons. The van der Waals surface area contributed by atoms with Gasteiger partial charge in [0.05, 0.1) is 6.67 Å². The lowest BCUT2D eigenvalue weighted by Gasteiger charge is -2.36. The highest BCUT2D eigenvalue weighted by molar-refractivity contribution is 5.95. The second-order valence-electron chi connectivity index (χ2n) is 4.09. The summed E-state index contributed by atoms with van der Waals surface area (Å²) in [6, 6.07) is 0. The van der Waals surface area contributed by atoms with Crippen LogP contribution in [0.5, 0.6) is 0 Å². The fourth-order valence-electron chi connectivity index (χ4n) is 1.72. The number of carbonyl (C=O) groups is 1. The Morgan fingerprint density at radius 2 is 1.45 bits per heavy atom. The van der Waals surface area contributed by atoms with Gasteiger partial charge in [-0.2, -0.15) is 26.3 Å². The molecular formula is C11H13F7O2. The summed E-state index contributed by atoms with van der Waals surface area (Å²) in [6.07, 6.45) is -14.1. The number of aliphatic hydroxyl groups excluding tert-OH is 1. The Balaban J connectivity index is 6.17. The van der Waals surface area contributed by atoms with Crippen molar-refractivity contribution in [1.29, 1.82) is 0 Å². The first-order valence-corrected chi connectivity index (χ1v) is 5.49. The number of alkyl halides is 7. The van der Waals surface area contributed by atoms with Crippen molar-refractivity contribution in [2.45, 2.75) is 39.0 Å². The monoisotopic (exact) mass is 310 g/mol. The number of halogens is 7. The molecule has 0 saturated heterocycles. The van der Waals surface area contributed by atoms with Gasteiger partial charge in [-0.15, -0.1) is 0 Å². The van der Waals surface area contributed by atoms with Gasteiger partial charge in [-0.25, -0.2) is 0 Å².